The van der Waals surface area contributed by atoms with Gasteiger partial charge in [-0.05, 0) is 24.6 Å². The second-order valence-electron chi connectivity index (χ2n) is 3.92. The molecule has 18 heavy (non-hydrogen) atoms. The number of nitrogens with zero attached hydrogens (tertiary/aromatic N) is 3. The first kappa shape index (κ1) is 12.0. The smallest absolute Gasteiger partial charge is 0.360 e. The van der Waals surface area contributed by atoms with Crippen molar-refractivity contribution in [1.29, 1.82) is 0 Å². The van der Waals surface area contributed by atoms with Crippen LogP contribution in [0.2, 0.25) is 0 Å². The van der Waals surface area contributed by atoms with Gasteiger partial charge < -0.3 is 4.74 Å². The maximum absolute atomic E-state index is 11.6. The van der Waals surface area contributed by atoms with Crippen LogP contribution in [0.3, 0.4) is 0 Å². The van der Waals surface area contributed by atoms with Gasteiger partial charge in [0.2, 0.25) is 0 Å². The molecule has 0 amide bonds. The van der Waals surface area contributed by atoms with Gasteiger partial charge in [0, 0.05) is 0 Å². The summed E-state index contributed by atoms with van der Waals surface area (Å²) in [6, 6.07) is 9.42. The zero-order chi connectivity index (χ0) is 13.0. The lowest BCUT2D eigenvalue weighted by Gasteiger charge is -2.00. The quantitative estimate of drug-likeness (QED) is 0.608. The molecular weight excluding hydrogens is 230 g/mol. The van der Waals surface area contributed by atoms with Crippen molar-refractivity contribution in [2.24, 2.45) is 0 Å². The third-order valence-electron chi connectivity index (χ3n) is 2.17. The summed E-state index contributed by atoms with van der Waals surface area (Å²) in [7, 11) is 0. The van der Waals surface area contributed by atoms with E-state index in [1.165, 1.54) is 10.9 Å². The molecule has 2 aromatic rings. The molecular formula is C13H13N3O2. The molecule has 2 rings (SSSR count). The van der Waals surface area contributed by atoms with Gasteiger partial charge in [0.05, 0.1) is 11.9 Å². The minimum atomic E-state index is -0.500. The minimum Gasteiger partial charge on any atom is -0.456 e. The number of para-hydroxylation sites is 1. The first-order valence-corrected chi connectivity index (χ1v) is 5.46. The third kappa shape index (κ3) is 2.82. The van der Waals surface area contributed by atoms with Crippen molar-refractivity contribution in [1.82, 2.24) is 15.0 Å². The van der Waals surface area contributed by atoms with Gasteiger partial charge in [-0.3, -0.25) is 0 Å². The first-order chi connectivity index (χ1) is 8.66. The van der Waals surface area contributed by atoms with Gasteiger partial charge in [-0.1, -0.05) is 30.0 Å². The Morgan fingerprint density at radius 2 is 2.11 bits per heavy atom. The van der Waals surface area contributed by atoms with Crippen LogP contribution >= 0.6 is 0 Å². The van der Waals surface area contributed by atoms with E-state index in [-0.39, 0.29) is 12.3 Å². The van der Waals surface area contributed by atoms with Crippen molar-refractivity contribution in [3.8, 4) is 5.69 Å². The SMILES string of the molecule is C=C(C)COC(=O)c1cn(-c2ccccc2)nn1. The largest absolute Gasteiger partial charge is 0.456 e. The van der Waals surface area contributed by atoms with Gasteiger partial charge in [-0.25, -0.2) is 9.48 Å². The molecule has 0 bridgehead atoms. The van der Waals surface area contributed by atoms with Crippen LogP contribution in [0.5, 0.6) is 0 Å². The zero-order valence-corrected chi connectivity index (χ0v) is 10.0. The van der Waals surface area contributed by atoms with E-state index >= 15 is 0 Å². The number of rotatable bonds is 4. The van der Waals surface area contributed by atoms with E-state index in [0.717, 1.165) is 11.3 Å². The van der Waals surface area contributed by atoms with E-state index in [1.54, 1.807) is 6.92 Å². The molecule has 0 saturated carbocycles. The molecule has 5 nitrogen and oxygen atoms in total. The van der Waals surface area contributed by atoms with Gasteiger partial charge in [0.25, 0.3) is 0 Å². The highest BCUT2D eigenvalue weighted by Gasteiger charge is 2.12. The highest BCUT2D eigenvalue weighted by atomic mass is 16.5. The van der Waals surface area contributed by atoms with Crippen LogP contribution in [-0.4, -0.2) is 27.6 Å². The summed E-state index contributed by atoms with van der Waals surface area (Å²) in [5.41, 5.74) is 1.79. The molecule has 0 spiro atoms. The average Bonchev–Trinajstić information content (AvgIpc) is 2.86. The molecule has 92 valence electrons. The fourth-order valence-corrected chi connectivity index (χ4v) is 1.33. The second-order valence-corrected chi connectivity index (χ2v) is 3.92. The highest BCUT2D eigenvalue weighted by Crippen LogP contribution is 2.06. The monoisotopic (exact) mass is 243 g/mol. The number of ether oxygens (including phenoxy) is 1. The van der Waals surface area contributed by atoms with E-state index in [4.69, 9.17) is 4.74 Å². The normalized spacial score (nSPS) is 10.1. The molecule has 0 aliphatic heterocycles. The zero-order valence-electron chi connectivity index (χ0n) is 10.0. The molecule has 0 aliphatic carbocycles. The Bertz CT molecular complexity index is 561. The van der Waals surface area contributed by atoms with Gasteiger partial charge in [0.15, 0.2) is 5.69 Å². The summed E-state index contributed by atoms with van der Waals surface area (Å²) in [5.74, 6) is -0.500. The van der Waals surface area contributed by atoms with E-state index in [9.17, 15) is 4.79 Å². The van der Waals surface area contributed by atoms with Crippen LogP contribution in [0.15, 0.2) is 48.7 Å². The van der Waals surface area contributed by atoms with Crippen LogP contribution in [0, 0.1) is 0 Å². The molecule has 1 heterocycles. The van der Waals surface area contributed by atoms with Crippen LogP contribution in [0.4, 0.5) is 0 Å². The van der Waals surface area contributed by atoms with Crippen molar-refractivity contribution >= 4 is 5.97 Å². The molecule has 1 aromatic heterocycles. The Balaban J connectivity index is 2.11. The lowest BCUT2D eigenvalue weighted by molar-refractivity contribution is 0.0533. The Hall–Kier alpha value is -2.43. The summed E-state index contributed by atoms with van der Waals surface area (Å²) in [6.07, 6.45) is 1.54. The lowest BCUT2D eigenvalue weighted by Crippen LogP contribution is -2.07. The number of benzene rings is 1. The summed E-state index contributed by atoms with van der Waals surface area (Å²) in [6.45, 7) is 5.63. The number of carbonyl (C=O) groups is 1. The topological polar surface area (TPSA) is 57.0 Å². The fourth-order valence-electron chi connectivity index (χ4n) is 1.33. The number of hydrogen-bond donors (Lipinski definition) is 0. The van der Waals surface area contributed by atoms with Crippen molar-refractivity contribution in [3.05, 3.63) is 54.4 Å². The second kappa shape index (κ2) is 5.27. The van der Waals surface area contributed by atoms with Crippen molar-refractivity contribution in [3.63, 3.8) is 0 Å². The van der Waals surface area contributed by atoms with E-state index in [1.807, 2.05) is 30.3 Å². The van der Waals surface area contributed by atoms with Crippen LogP contribution in [0.25, 0.3) is 5.69 Å². The van der Waals surface area contributed by atoms with Gasteiger partial charge in [-0.2, -0.15) is 0 Å². The summed E-state index contributed by atoms with van der Waals surface area (Å²) in [5, 5.41) is 7.66. The van der Waals surface area contributed by atoms with Crippen molar-refractivity contribution < 1.29 is 9.53 Å². The van der Waals surface area contributed by atoms with Gasteiger partial charge >= 0.3 is 5.97 Å². The first-order valence-electron chi connectivity index (χ1n) is 5.46. The number of hydrogen-bond acceptors (Lipinski definition) is 4. The maximum Gasteiger partial charge on any atom is 0.360 e. The molecule has 0 fully saturated rings. The molecule has 0 atom stereocenters. The van der Waals surface area contributed by atoms with Crippen molar-refractivity contribution in [2.75, 3.05) is 6.61 Å². The molecule has 1 aromatic carbocycles. The molecule has 0 N–H and O–H groups in total. The fraction of sp³-hybridized carbons (Fsp3) is 0.154. The van der Waals surface area contributed by atoms with E-state index in [0.29, 0.717) is 0 Å². The highest BCUT2D eigenvalue weighted by molar-refractivity contribution is 5.86. The molecule has 0 unspecified atom stereocenters. The average molecular weight is 243 g/mol. The standard InChI is InChI=1S/C13H13N3O2/c1-10(2)9-18-13(17)12-8-16(15-14-12)11-6-4-3-5-7-11/h3-8H,1,9H2,2H3. The van der Waals surface area contributed by atoms with Crippen LogP contribution in [-0.2, 0) is 4.74 Å². The van der Waals surface area contributed by atoms with Gasteiger partial charge in [-0.15, -0.1) is 5.10 Å². The maximum atomic E-state index is 11.6. The summed E-state index contributed by atoms with van der Waals surface area (Å²) < 4.78 is 6.51. The van der Waals surface area contributed by atoms with E-state index < -0.39 is 5.97 Å². The molecule has 0 radical (unpaired) electrons. The minimum absolute atomic E-state index is 0.181. The van der Waals surface area contributed by atoms with Crippen molar-refractivity contribution in [2.45, 2.75) is 6.92 Å². The molecule has 5 heteroatoms. The Morgan fingerprint density at radius 3 is 2.78 bits per heavy atom. The third-order valence-corrected chi connectivity index (χ3v) is 2.17. The van der Waals surface area contributed by atoms with Crippen LogP contribution < -0.4 is 0 Å². The Labute approximate surface area is 105 Å². The predicted molar refractivity (Wildman–Crippen MR) is 66.5 cm³/mol. The Kier molecular flexibility index (Phi) is 3.52. The van der Waals surface area contributed by atoms with E-state index in [2.05, 4.69) is 16.9 Å². The van der Waals surface area contributed by atoms with Gasteiger partial charge in [0.1, 0.15) is 6.61 Å². The number of esters is 1. The lowest BCUT2D eigenvalue weighted by atomic mass is 10.3. The molecule has 0 aliphatic rings. The molecule has 0 saturated heterocycles. The summed E-state index contributed by atoms with van der Waals surface area (Å²) in [4.78, 5) is 11.6. The Morgan fingerprint density at radius 1 is 1.39 bits per heavy atom. The van der Waals surface area contributed by atoms with Crippen LogP contribution in [0.1, 0.15) is 17.4 Å². The number of carbonyl (C=O) groups excluding carboxylic acids is 1. The number of aromatic nitrogens is 3. The summed E-state index contributed by atoms with van der Waals surface area (Å²) >= 11 is 0. The predicted octanol–water partition coefficient (Wildman–Crippen LogP) is 2.00.